The van der Waals surface area contributed by atoms with Gasteiger partial charge >= 0.3 is 0 Å². The number of halogens is 1. The van der Waals surface area contributed by atoms with Crippen LogP contribution in [0.1, 0.15) is 11.6 Å². The summed E-state index contributed by atoms with van der Waals surface area (Å²) in [5.74, 6) is 1.52. The molecule has 1 aromatic carbocycles. The number of carbonyl (C=O) groups excluding carboxylic acids is 1. The lowest BCUT2D eigenvalue weighted by Gasteiger charge is -2.07. The fourth-order valence-electron chi connectivity index (χ4n) is 1.92. The molecule has 24 heavy (non-hydrogen) atoms. The topological polar surface area (TPSA) is 95.1 Å². The van der Waals surface area contributed by atoms with E-state index in [9.17, 15) is 4.79 Å². The Hall–Kier alpha value is -2.87. The van der Waals surface area contributed by atoms with Crippen LogP contribution in [0.15, 0.2) is 47.1 Å². The first kappa shape index (κ1) is 16.0. The minimum Gasteiger partial charge on any atom is -0.486 e. The number of rotatable bonds is 7. The molecule has 8 nitrogen and oxygen atoms in total. The van der Waals surface area contributed by atoms with E-state index in [0.717, 1.165) is 0 Å². The zero-order chi connectivity index (χ0) is 16.8. The number of nitrogens with zero attached hydrogens (tertiary/aromatic N) is 4. The monoisotopic (exact) mass is 347 g/mol. The number of aromatic nitrogens is 4. The molecule has 0 fully saturated rings. The standard InChI is InChI=1S/C15H14ClN5O3/c16-11-3-5-12(6-4-11)24-10-14-18-19-20-21(14)9-15(22)17-8-13-2-1-7-23-13/h1-7H,8-10H2,(H,17,22). The Labute approximate surface area is 142 Å². The average Bonchev–Trinajstić information content (AvgIpc) is 3.24. The van der Waals surface area contributed by atoms with Crippen LogP contribution in [-0.2, 0) is 24.5 Å². The van der Waals surface area contributed by atoms with Crippen LogP contribution in [-0.4, -0.2) is 26.1 Å². The van der Waals surface area contributed by atoms with Crippen molar-refractivity contribution >= 4 is 17.5 Å². The highest BCUT2D eigenvalue weighted by Gasteiger charge is 2.11. The largest absolute Gasteiger partial charge is 0.486 e. The molecule has 2 heterocycles. The van der Waals surface area contributed by atoms with Crippen molar-refractivity contribution in [1.82, 2.24) is 25.5 Å². The van der Waals surface area contributed by atoms with Gasteiger partial charge in [0.15, 0.2) is 5.82 Å². The number of nitrogens with one attached hydrogen (secondary N) is 1. The maximum absolute atomic E-state index is 11.9. The van der Waals surface area contributed by atoms with E-state index in [4.69, 9.17) is 20.8 Å². The molecule has 0 saturated heterocycles. The van der Waals surface area contributed by atoms with E-state index in [0.29, 0.717) is 28.9 Å². The summed E-state index contributed by atoms with van der Waals surface area (Å²) in [6, 6.07) is 10.5. The Morgan fingerprint density at radius 3 is 2.88 bits per heavy atom. The quantitative estimate of drug-likeness (QED) is 0.700. The Morgan fingerprint density at radius 2 is 2.12 bits per heavy atom. The second kappa shape index (κ2) is 7.60. The molecule has 0 unspecified atom stereocenters. The SMILES string of the molecule is O=C(Cn1nnnc1COc1ccc(Cl)cc1)NCc1ccco1. The van der Waals surface area contributed by atoms with E-state index in [-0.39, 0.29) is 19.1 Å². The Kier molecular flexibility index (Phi) is 5.07. The van der Waals surface area contributed by atoms with E-state index >= 15 is 0 Å². The Balaban J connectivity index is 1.52. The van der Waals surface area contributed by atoms with Crippen LogP contribution in [0.25, 0.3) is 0 Å². The molecular weight excluding hydrogens is 334 g/mol. The van der Waals surface area contributed by atoms with Crippen molar-refractivity contribution in [3.05, 3.63) is 59.3 Å². The first-order valence-electron chi connectivity index (χ1n) is 7.13. The van der Waals surface area contributed by atoms with Gasteiger partial charge in [-0.25, -0.2) is 4.68 Å². The van der Waals surface area contributed by atoms with Crippen molar-refractivity contribution < 1.29 is 13.9 Å². The number of furan rings is 1. The lowest BCUT2D eigenvalue weighted by atomic mass is 10.3. The molecule has 0 aliphatic carbocycles. The third kappa shape index (κ3) is 4.32. The number of carbonyl (C=O) groups is 1. The second-order valence-corrected chi connectivity index (χ2v) is 5.29. The first-order valence-corrected chi connectivity index (χ1v) is 7.51. The predicted molar refractivity (Wildman–Crippen MR) is 84.2 cm³/mol. The van der Waals surface area contributed by atoms with Crippen molar-refractivity contribution in [2.24, 2.45) is 0 Å². The molecule has 2 aromatic heterocycles. The summed E-state index contributed by atoms with van der Waals surface area (Å²) in [5, 5.41) is 14.6. The van der Waals surface area contributed by atoms with Crippen molar-refractivity contribution in [2.45, 2.75) is 19.7 Å². The third-order valence-corrected chi connectivity index (χ3v) is 3.37. The molecule has 124 valence electrons. The minimum atomic E-state index is -0.230. The molecule has 9 heteroatoms. The van der Waals surface area contributed by atoms with Crippen LogP contribution in [0.3, 0.4) is 0 Å². The highest BCUT2D eigenvalue weighted by atomic mass is 35.5. The molecule has 0 aliphatic rings. The summed E-state index contributed by atoms with van der Waals surface area (Å²) in [5.41, 5.74) is 0. The van der Waals surface area contributed by atoms with E-state index in [1.807, 2.05) is 0 Å². The lowest BCUT2D eigenvalue weighted by molar-refractivity contribution is -0.122. The van der Waals surface area contributed by atoms with Gasteiger partial charge in [-0.3, -0.25) is 4.79 Å². The fourth-order valence-corrected chi connectivity index (χ4v) is 2.04. The summed E-state index contributed by atoms with van der Waals surface area (Å²) in [7, 11) is 0. The molecule has 3 aromatic rings. The van der Waals surface area contributed by atoms with Gasteiger partial charge in [0, 0.05) is 5.02 Å². The van der Waals surface area contributed by atoms with Gasteiger partial charge in [0.05, 0.1) is 12.8 Å². The molecule has 3 rings (SSSR count). The highest BCUT2D eigenvalue weighted by molar-refractivity contribution is 6.30. The zero-order valence-electron chi connectivity index (χ0n) is 12.6. The number of hydrogen-bond donors (Lipinski definition) is 1. The van der Waals surface area contributed by atoms with Crippen LogP contribution in [0.5, 0.6) is 5.75 Å². The van der Waals surface area contributed by atoms with Gasteiger partial charge in [-0.1, -0.05) is 11.6 Å². The average molecular weight is 348 g/mol. The van der Waals surface area contributed by atoms with Gasteiger partial charge < -0.3 is 14.5 Å². The van der Waals surface area contributed by atoms with Crippen LogP contribution >= 0.6 is 11.6 Å². The maximum Gasteiger partial charge on any atom is 0.242 e. The molecule has 0 aliphatic heterocycles. The van der Waals surface area contributed by atoms with E-state index < -0.39 is 0 Å². The van der Waals surface area contributed by atoms with Crippen LogP contribution < -0.4 is 10.1 Å². The molecule has 0 bridgehead atoms. The first-order chi connectivity index (χ1) is 11.7. The Bertz CT molecular complexity index is 786. The van der Waals surface area contributed by atoms with Crippen molar-refractivity contribution in [3.8, 4) is 5.75 Å². The second-order valence-electron chi connectivity index (χ2n) is 4.85. The molecule has 0 spiro atoms. The van der Waals surface area contributed by atoms with Crippen molar-refractivity contribution in [3.63, 3.8) is 0 Å². The molecule has 1 amide bonds. The number of tetrazole rings is 1. The Morgan fingerprint density at radius 1 is 1.29 bits per heavy atom. The lowest BCUT2D eigenvalue weighted by Crippen LogP contribution is -2.28. The van der Waals surface area contributed by atoms with Gasteiger partial charge in [-0.2, -0.15) is 0 Å². The van der Waals surface area contributed by atoms with Gasteiger partial charge in [0.25, 0.3) is 0 Å². The van der Waals surface area contributed by atoms with Crippen LogP contribution in [0.4, 0.5) is 0 Å². The highest BCUT2D eigenvalue weighted by Crippen LogP contribution is 2.16. The molecular formula is C15H14ClN5O3. The third-order valence-electron chi connectivity index (χ3n) is 3.12. The number of amides is 1. The number of benzene rings is 1. The summed E-state index contributed by atoms with van der Waals surface area (Å²) in [4.78, 5) is 11.9. The molecule has 0 radical (unpaired) electrons. The van der Waals surface area contributed by atoms with Gasteiger partial charge in [-0.05, 0) is 46.8 Å². The maximum atomic E-state index is 11.9. The summed E-state index contributed by atoms with van der Waals surface area (Å²) in [6.45, 7) is 0.442. The summed E-state index contributed by atoms with van der Waals surface area (Å²) in [6.07, 6.45) is 1.55. The molecule has 0 atom stereocenters. The zero-order valence-corrected chi connectivity index (χ0v) is 13.3. The van der Waals surface area contributed by atoms with Crippen molar-refractivity contribution in [2.75, 3.05) is 0 Å². The van der Waals surface area contributed by atoms with Gasteiger partial charge in [0.2, 0.25) is 5.91 Å². The van der Waals surface area contributed by atoms with Crippen LogP contribution in [0.2, 0.25) is 5.02 Å². The molecule has 0 saturated carbocycles. The van der Waals surface area contributed by atoms with Crippen molar-refractivity contribution in [1.29, 1.82) is 0 Å². The smallest absolute Gasteiger partial charge is 0.242 e. The minimum absolute atomic E-state index is 0.00692. The summed E-state index contributed by atoms with van der Waals surface area (Å²) >= 11 is 5.82. The number of hydrogen-bond acceptors (Lipinski definition) is 6. The van der Waals surface area contributed by atoms with Crippen LogP contribution in [0, 0.1) is 0 Å². The fraction of sp³-hybridized carbons (Fsp3) is 0.200. The van der Waals surface area contributed by atoms with Gasteiger partial charge in [-0.15, -0.1) is 5.10 Å². The predicted octanol–water partition coefficient (Wildman–Crippen LogP) is 1.81. The van der Waals surface area contributed by atoms with E-state index in [1.54, 1.807) is 42.7 Å². The normalized spacial score (nSPS) is 10.5. The summed E-state index contributed by atoms with van der Waals surface area (Å²) < 4.78 is 12.1. The number of ether oxygens (including phenoxy) is 1. The van der Waals surface area contributed by atoms with E-state index in [2.05, 4.69) is 20.8 Å². The molecule has 1 N–H and O–H groups in total. The van der Waals surface area contributed by atoms with Gasteiger partial charge in [0.1, 0.15) is 24.7 Å². The van der Waals surface area contributed by atoms with E-state index in [1.165, 1.54) is 4.68 Å².